The Morgan fingerprint density at radius 3 is 2.50 bits per heavy atom. The van der Waals surface area contributed by atoms with Crippen molar-refractivity contribution in [3.63, 3.8) is 0 Å². The second-order valence-corrected chi connectivity index (χ2v) is 8.71. The minimum absolute atomic E-state index is 0.00808. The number of Topliss-reactive ketones (excluding diaryl/α,β-unsaturated/α-hetero) is 1. The zero-order valence-electron chi connectivity index (χ0n) is 19.3. The molecule has 0 saturated carbocycles. The lowest BCUT2D eigenvalue weighted by molar-refractivity contribution is -0.132. The van der Waals surface area contributed by atoms with Crippen LogP contribution in [0, 0.1) is 6.92 Å². The van der Waals surface area contributed by atoms with E-state index in [9.17, 15) is 14.7 Å². The summed E-state index contributed by atoms with van der Waals surface area (Å²) in [6, 6.07) is 11.6. The first-order valence-corrected chi connectivity index (χ1v) is 12.0. The summed E-state index contributed by atoms with van der Waals surface area (Å²) in [4.78, 5) is 32.0. The van der Waals surface area contributed by atoms with Gasteiger partial charge < -0.3 is 14.6 Å². The number of amides is 1. The third-order valence-corrected chi connectivity index (χ3v) is 6.21. The van der Waals surface area contributed by atoms with E-state index in [0.717, 1.165) is 12.0 Å². The lowest BCUT2D eigenvalue weighted by atomic mass is 9.95. The highest BCUT2D eigenvalue weighted by Crippen LogP contribution is 2.44. The monoisotopic (exact) mass is 478 g/mol. The van der Waals surface area contributed by atoms with Gasteiger partial charge in [0.2, 0.25) is 0 Å². The third-order valence-electron chi connectivity index (χ3n) is 5.44. The van der Waals surface area contributed by atoms with E-state index in [-0.39, 0.29) is 11.3 Å². The average Bonchev–Trinajstić information content (AvgIpc) is 3.45. The number of carbonyl (C=O) groups is 2. The predicted octanol–water partition coefficient (Wildman–Crippen LogP) is 5.27. The van der Waals surface area contributed by atoms with Crippen LogP contribution < -0.4 is 14.4 Å². The van der Waals surface area contributed by atoms with E-state index in [0.29, 0.717) is 41.0 Å². The molecule has 1 amide bonds. The van der Waals surface area contributed by atoms with E-state index in [1.54, 1.807) is 41.9 Å². The molecule has 1 N–H and O–H groups in total. The van der Waals surface area contributed by atoms with E-state index in [1.165, 1.54) is 16.2 Å². The van der Waals surface area contributed by atoms with Crippen molar-refractivity contribution in [3.05, 3.63) is 76.3 Å². The molecular formula is C26H26N2O5S. The van der Waals surface area contributed by atoms with Crippen LogP contribution in [0.15, 0.2) is 59.6 Å². The zero-order valence-corrected chi connectivity index (χ0v) is 20.1. The van der Waals surface area contributed by atoms with Crippen LogP contribution in [0.4, 0.5) is 5.13 Å². The van der Waals surface area contributed by atoms with Gasteiger partial charge in [-0.3, -0.25) is 14.5 Å². The van der Waals surface area contributed by atoms with Crippen molar-refractivity contribution < 1.29 is 24.2 Å². The summed E-state index contributed by atoms with van der Waals surface area (Å²) < 4.78 is 11.6. The second-order valence-electron chi connectivity index (χ2n) is 7.84. The van der Waals surface area contributed by atoms with E-state index in [4.69, 9.17) is 9.47 Å². The van der Waals surface area contributed by atoms with E-state index in [1.807, 2.05) is 32.9 Å². The van der Waals surface area contributed by atoms with Gasteiger partial charge in [0.1, 0.15) is 5.76 Å². The van der Waals surface area contributed by atoms with Crippen LogP contribution in [0.25, 0.3) is 5.76 Å². The number of aromatic nitrogens is 1. The van der Waals surface area contributed by atoms with Crippen molar-refractivity contribution >= 4 is 33.9 Å². The van der Waals surface area contributed by atoms with Crippen LogP contribution >= 0.6 is 11.3 Å². The molecule has 0 bridgehead atoms. The smallest absolute Gasteiger partial charge is 0.301 e. The highest BCUT2D eigenvalue weighted by Gasteiger charge is 2.48. The first-order valence-electron chi connectivity index (χ1n) is 11.1. The Kier molecular flexibility index (Phi) is 6.98. The molecule has 1 unspecified atom stereocenters. The SMILES string of the molecule is CCCOc1ccc(C2/C(=C(\O)c3ccc(C)cc3)C(=O)C(=O)N2c2nccs2)cc1OCC. The average molecular weight is 479 g/mol. The molecule has 1 fully saturated rings. The zero-order chi connectivity index (χ0) is 24.2. The van der Waals surface area contributed by atoms with Gasteiger partial charge in [-0.05, 0) is 38.0 Å². The van der Waals surface area contributed by atoms with Gasteiger partial charge in [-0.2, -0.15) is 0 Å². The Morgan fingerprint density at radius 2 is 1.85 bits per heavy atom. The Morgan fingerprint density at radius 1 is 1.09 bits per heavy atom. The Labute approximate surface area is 202 Å². The number of aliphatic hydroxyl groups excluding tert-OH is 1. The fourth-order valence-corrected chi connectivity index (χ4v) is 4.51. The van der Waals surface area contributed by atoms with Gasteiger partial charge in [-0.15, -0.1) is 11.3 Å². The van der Waals surface area contributed by atoms with Gasteiger partial charge in [-0.1, -0.05) is 42.8 Å². The van der Waals surface area contributed by atoms with Crippen LogP contribution in [-0.2, 0) is 9.59 Å². The molecule has 1 aliphatic rings. The highest BCUT2D eigenvalue weighted by molar-refractivity contribution is 7.14. The second kappa shape index (κ2) is 10.1. The van der Waals surface area contributed by atoms with E-state index >= 15 is 0 Å². The Balaban J connectivity index is 1.89. The fourth-order valence-electron chi connectivity index (χ4n) is 3.84. The summed E-state index contributed by atoms with van der Waals surface area (Å²) in [6.07, 6.45) is 2.41. The molecule has 1 aliphatic heterocycles. The largest absolute Gasteiger partial charge is 0.507 e. The molecule has 34 heavy (non-hydrogen) atoms. The molecule has 0 spiro atoms. The summed E-state index contributed by atoms with van der Waals surface area (Å²) in [5.74, 6) is -0.641. The molecule has 1 saturated heterocycles. The van der Waals surface area contributed by atoms with Gasteiger partial charge in [0.25, 0.3) is 5.78 Å². The summed E-state index contributed by atoms with van der Waals surface area (Å²) >= 11 is 1.25. The number of aryl methyl sites for hydroxylation is 1. The molecule has 1 atom stereocenters. The van der Waals surface area contributed by atoms with Gasteiger partial charge in [0, 0.05) is 17.1 Å². The number of ketones is 1. The highest BCUT2D eigenvalue weighted by atomic mass is 32.1. The number of hydrogen-bond acceptors (Lipinski definition) is 7. The first-order chi connectivity index (χ1) is 16.5. The summed E-state index contributed by atoms with van der Waals surface area (Å²) in [5.41, 5.74) is 2.09. The number of anilines is 1. The van der Waals surface area contributed by atoms with Gasteiger partial charge in [0.05, 0.1) is 24.8 Å². The number of nitrogens with zero attached hydrogens (tertiary/aromatic N) is 2. The van der Waals surface area contributed by atoms with Crippen LogP contribution in [0.1, 0.15) is 43.0 Å². The predicted molar refractivity (Wildman–Crippen MR) is 131 cm³/mol. The first kappa shape index (κ1) is 23.5. The number of ether oxygens (including phenoxy) is 2. The minimum Gasteiger partial charge on any atom is -0.507 e. The normalized spacial score (nSPS) is 17.3. The van der Waals surface area contributed by atoms with E-state index in [2.05, 4.69) is 4.98 Å². The van der Waals surface area contributed by atoms with Gasteiger partial charge >= 0.3 is 5.91 Å². The number of thiazole rings is 1. The van der Waals surface area contributed by atoms with Crippen LogP contribution in [0.5, 0.6) is 11.5 Å². The van der Waals surface area contributed by atoms with Crippen molar-refractivity contribution in [2.75, 3.05) is 18.1 Å². The van der Waals surface area contributed by atoms with Crippen molar-refractivity contribution in [2.45, 2.75) is 33.2 Å². The summed E-state index contributed by atoms with van der Waals surface area (Å²) in [5, 5.41) is 13.3. The number of benzene rings is 2. The van der Waals surface area contributed by atoms with Gasteiger partial charge in [0.15, 0.2) is 16.6 Å². The molecule has 7 nitrogen and oxygen atoms in total. The van der Waals surface area contributed by atoms with Crippen molar-refractivity contribution in [2.24, 2.45) is 0 Å². The number of rotatable bonds is 8. The van der Waals surface area contributed by atoms with Crippen LogP contribution in [0.2, 0.25) is 0 Å². The molecule has 176 valence electrons. The van der Waals surface area contributed by atoms with Crippen molar-refractivity contribution in [1.29, 1.82) is 0 Å². The third kappa shape index (κ3) is 4.41. The fraction of sp³-hybridized carbons (Fsp3) is 0.269. The Hall–Kier alpha value is -3.65. The molecule has 0 aliphatic carbocycles. The molecular weight excluding hydrogens is 452 g/mol. The lowest BCUT2D eigenvalue weighted by Crippen LogP contribution is -2.29. The maximum atomic E-state index is 13.2. The maximum absolute atomic E-state index is 13.2. The van der Waals surface area contributed by atoms with E-state index < -0.39 is 17.7 Å². The Bertz CT molecular complexity index is 1220. The molecule has 2 heterocycles. The quantitative estimate of drug-likeness (QED) is 0.270. The number of carbonyl (C=O) groups excluding carboxylic acids is 2. The molecule has 3 aromatic rings. The van der Waals surface area contributed by atoms with Crippen LogP contribution in [0.3, 0.4) is 0 Å². The van der Waals surface area contributed by atoms with Crippen LogP contribution in [-0.4, -0.2) is 35.0 Å². The minimum atomic E-state index is -0.869. The van der Waals surface area contributed by atoms with Gasteiger partial charge in [-0.25, -0.2) is 4.98 Å². The molecule has 4 rings (SSSR count). The lowest BCUT2D eigenvalue weighted by Gasteiger charge is -2.24. The van der Waals surface area contributed by atoms with Crippen molar-refractivity contribution in [1.82, 2.24) is 4.98 Å². The number of hydrogen-bond donors (Lipinski definition) is 1. The molecule has 1 aromatic heterocycles. The summed E-state index contributed by atoms with van der Waals surface area (Å²) in [7, 11) is 0. The molecule has 8 heteroatoms. The van der Waals surface area contributed by atoms with Crippen molar-refractivity contribution in [3.8, 4) is 11.5 Å². The maximum Gasteiger partial charge on any atom is 0.301 e. The number of aliphatic hydroxyl groups is 1. The molecule has 0 radical (unpaired) electrons. The standard InChI is InChI=1S/C26H26N2O5S/c1-4-13-33-19-11-10-18(15-20(19)32-5-2)22-21(23(29)17-8-6-16(3)7-9-17)24(30)25(31)28(22)26-27-12-14-34-26/h6-12,14-15,22,29H,4-5,13H2,1-3H3/b23-21+. The topological polar surface area (TPSA) is 89.0 Å². The summed E-state index contributed by atoms with van der Waals surface area (Å²) in [6.45, 7) is 6.77. The molecule has 2 aromatic carbocycles.